The van der Waals surface area contributed by atoms with Crippen LogP contribution >= 0.6 is 48.0 Å². The van der Waals surface area contributed by atoms with Gasteiger partial charge < -0.3 is 24.4 Å². The minimum Gasteiger partial charge on any atom is -0.468 e. The first-order valence-electron chi connectivity index (χ1n) is 13.4. The summed E-state index contributed by atoms with van der Waals surface area (Å²) < 4.78 is 41.9. The second-order valence-electron chi connectivity index (χ2n) is 10.8. The number of hydrogen-bond acceptors (Lipinski definition) is 11. The maximum absolute atomic E-state index is 14.6. The summed E-state index contributed by atoms with van der Waals surface area (Å²) in [6.45, 7) is 6.55. The Morgan fingerprint density at radius 1 is 1.00 bits per heavy atom. The number of thioether (sulfide) groups is 2. The third-order valence-corrected chi connectivity index (χ3v) is 14.2. The molecule has 0 saturated carbocycles. The largest absolute Gasteiger partial charge is 0.468 e. The standard InChI is InChI=1S/C29H34FN3O5S4Si/c1-29(2,3)43(18-12-8-6-9-13-18,19-14-10-7-11-15-19)35-17-21-22(37-27(39)41-4)23(38-28(40)42-5)25(36-21)33-16-20(30)24(31)32-26(33)34/h6-16,21-23,25H,17H2,1-5H3,(H2,31,32,34)/t21-,22+,23+,25+/m0/s1. The first kappa shape index (κ1) is 33.6. The van der Waals surface area contributed by atoms with E-state index in [2.05, 4.69) is 50.0 Å². The molecule has 4 rings (SSSR count). The van der Waals surface area contributed by atoms with Crippen LogP contribution in [0.15, 0.2) is 71.7 Å². The van der Waals surface area contributed by atoms with E-state index < -0.39 is 50.2 Å². The van der Waals surface area contributed by atoms with Crippen LogP contribution in [0.5, 0.6) is 0 Å². The van der Waals surface area contributed by atoms with E-state index in [-0.39, 0.29) is 20.4 Å². The van der Waals surface area contributed by atoms with E-state index in [0.717, 1.165) is 21.1 Å². The molecule has 14 heteroatoms. The van der Waals surface area contributed by atoms with Crippen LogP contribution in [0.1, 0.15) is 27.0 Å². The average Bonchev–Trinajstić information content (AvgIpc) is 3.31. The molecule has 1 aromatic heterocycles. The molecule has 2 heterocycles. The van der Waals surface area contributed by atoms with Gasteiger partial charge in [0.2, 0.25) is 8.77 Å². The van der Waals surface area contributed by atoms with Gasteiger partial charge in [0.05, 0.1) is 12.8 Å². The Hall–Kier alpha value is -2.33. The van der Waals surface area contributed by atoms with Crippen molar-refractivity contribution in [3.05, 3.63) is 83.2 Å². The molecule has 0 amide bonds. The number of nitrogens with two attached hydrogens (primary N) is 1. The third kappa shape index (κ3) is 7.16. The fourth-order valence-electron chi connectivity index (χ4n) is 5.26. The van der Waals surface area contributed by atoms with Crippen molar-refractivity contribution in [2.45, 2.75) is 50.3 Å². The number of hydrogen-bond donors (Lipinski definition) is 1. The van der Waals surface area contributed by atoms with Crippen molar-refractivity contribution in [2.75, 3.05) is 24.9 Å². The van der Waals surface area contributed by atoms with E-state index in [9.17, 15) is 9.18 Å². The van der Waals surface area contributed by atoms with Crippen LogP contribution in [0.3, 0.4) is 0 Å². The molecule has 0 unspecified atom stereocenters. The summed E-state index contributed by atoms with van der Waals surface area (Å²) >= 11 is 13.2. The van der Waals surface area contributed by atoms with Crippen LogP contribution in [-0.2, 0) is 18.6 Å². The van der Waals surface area contributed by atoms with Gasteiger partial charge in [-0.2, -0.15) is 4.98 Å². The van der Waals surface area contributed by atoms with Crippen LogP contribution in [0.25, 0.3) is 0 Å². The molecule has 43 heavy (non-hydrogen) atoms. The zero-order valence-electron chi connectivity index (χ0n) is 24.4. The van der Waals surface area contributed by atoms with E-state index in [1.54, 1.807) is 12.5 Å². The van der Waals surface area contributed by atoms with E-state index in [1.807, 2.05) is 36.4 Å². The summed E-state index contributed by atoms with van der Waals surface area (Å²) in [6.07, 6.45) is 0.691. The second kappa shape index (κ2) is 14.2. The number of rotatable bonds is 8. The van der Waals surface area contributed by atoms with Gasteiger partial charge in [-0.1, -0.05) is 105 Å². The molecule has 2 N–H and O–H groups in total. The lowest BCUT2D eigenvalue weighted by molar-refractivity contribution is -0.0498. The zero-order valence-corrected chi connectivity index (χ0v) is 28.7. The molecule has 0 radical (unpaired) electrons. The lowest BCUT2D eigenvalue weighted by atomic mass is 10.1. The fourth-order valence-corrected chi connectivity index (χ4v) is 10.5. The van der Waals surface area contributed by atoms with Gasteiger partial charge in [-0.25, -0.2) is 9.18 Å². The monoisotopic (exact) mass is 679 g/mol. The molecule has 1 aliphatic heterocycles. The number of ether oxygens (including phenoxy) is 3. The predicted molar refractivity (Wildman–Crippen MR) is 182 cm³/mol. The number of halogens is 1. The molecule has 1 aliphatic rings. The van der Waals surface area contributed by atoms with Gasteiger partial charge in [0, 0.05) is 0 Å². The van der Waals surface area contributed by atoms with E-state index in [0.29, 0.717) is 0 Å². The Balaban J connectivity index is 1.82. The summed E-state index contributed by atoms with van der Waals surface area (Å²) in [5, 5.41) is 1.85. The number of benzene rings is 2. The van der Waals surface area contributed by atoms with E-state index in [4.69, 9.17) is 48.8 Å². The first-order valence-corrected chi connectivity index (χ1v) is 18.5. The van der Waals surface area contributed by atoms with Crippen molar-refractivity contribution in [3.8, 4) is 0 Å². The molecule has 1 fully saturated rings. The van der Waals surface area contributed by atoms with Gasteiger partial charge in [0.15, 0.2) is 30.1 Å². The average molecular weight is 680 g/mol. The summed E-state index contributed by atoms with van der Waals surface area (Å²) in [5.74, 6) is -1.39. The second-order valence-corrected chi connectivity index (χ2v) is 17.9. The molecule has 0 aliphatic carbocycles. The highest BCUT2D eigenvalue weighted by molar-refractivity contribution is 8.22. The van der Waals surface area contributed by atoms with Crippen molar-refractivity contribution < 1.29 is 23.0 Å². The van der Waals surface area contributed by atoms with Crippen molar-refractivity contribution in [1.82, 2.24) is 9.55 Å². The lowest BCUT2D eigenvalue weighted by Gasteiger charge is -2.43. The highest BCUT2D eigenvalue weighted by Crippen LogP contribution is 2.39. The molecule has 0 bridgehead atoms. The van der Waals surface area contributed by atoms with Crippen molar-refractivity contribution in [3.63, 3.8) is 0 Å². The van der Waals surface area contributed by atoms with Gasteiger partial charge in [-0.15, -0.1) is 0 Å². The smallest absolute Gasteiger partial charge is 0.351 e. The maximum Gasteiger partial charge on any atom is 0.351 e. The molecule has 1 saturated heterocycles. The molecular formula is C29H34FN3O5S4Si. The Kier molecular flexibility index (Phi) is 11.1. The minimum absolute atomic E-state index is 0.0525. The third-order valence-electron chi connectivity index (χ3n) is 7.17. The molecule has 4 atom stereocenters. The highest BCUT2D eigenvalue weighted by Gasteiger charge is 2.54. The van der Waals surface area contributed by atoms with E-state index >= 15 is 0 Å². The molecule has 0 spiro atoms. The van der Waals surface area contributed by atoms with Crippen molar-refractivity contribution >= 4 is 81.2 Å². The quantitative estimate of drug-likeness (QED) is 0.269. The van der Waals surface area contributed by atoms with E-state index in [1.165, 1.54) is 23.5 Å². The topological polar surface area (TPSA) is 97.8 Å². The lowest BCUT2D eigenvalue weighted by Crippen LogP contribution is -2.67. The number of aromatic nitrogens is 2. The SMILES string of the molecule is CSC(=S)O[C@@H]1[C@H](OC(=S)SC)[C@H](CO[Si](c2ccccc2)(c2ccccc2)C(C)(C)C)O[C@H]1n1cc(F)c(N)nc1=O. The fraction of sp³-hybridized carbons (Fsp3) is 0.379. The van der Waals surface area contributed by atoms with Crippen LogP contribution in [0, 0.1) is 5.82 Å². The molecule has 3 aromatic rings. The number of nitrogens with zero attached hydrogens (tertiary/aromatic N) is 2. The van der Waals surface area contributed by atoms with Gasteiger partial charge in [-0.05, 0) is 52.4 Å². The summed E-state index contributed by atoms with van der Waals surface area (Å²) in [6, 6.07) is 20.3. The van der Waals surface area contributed by atoms with Crippen LogP contribution in [0.4, 0.5) is 10.2 Å². The summed E-state index contributed by atoms with van der Waals surface area (Å²) in [7, 11) is -2.99. The highest BCUT2D eigenvalue weighted by atomic mass is 32.2. The number of anilines is 1. The Labute approximate surface area is 271 Å². The molecule has 8 nitrogen and oxygen atoms in total. The van der Waals surface area contributed by atoms with Crippen LogP contribution < -0.4 is 21.8 Å². The van der Waals surface area contributed by atoms with Crippen LogP contribution in [-0.4, -0.2) is 64.1 Å². The maximum atomic E-state index is 14.6. The van der Waals surface area contributed by atoms with Gasteiger partial charge in [0.1, 0.15) is 6.10 Å². The van der Waals surface area contributed by atoms with Gasteiger partial charge in [-0.3, -0.25) is 4.57 Å². The van der Waals surface area contributed by atoms with Crippen molar-refractivity contribution in [2.24, 2.45) is 0 Å². The molecular weight excluding hydrogens is 646 g/mol. The first-order chi connectivity index (χ1) is 20.4. The minimum atomic E-state index is -2.99. The zero-order chi connectivity index (χ0) is 31.4. The summed E-state index contributed by atoms with van der Waals surface area (Å²) in [5.41, 5.74) is 4.74. The predicted octanol–water partition coefficient (Wildman–Crippen LogP) is 4.50. The Bertz CT molecular complexity index is 1450. The summed E-state index contributed by atoms with van der Waals surface area (Å²) in [4.78, 5) is 16.5. The van der Waals surface area contributed by atoms with Crippen molar-refractivity contribution in [1.29, 1.82) is 0 Å². The molecule has 2 aromatic carbocycles. The molecule has 230 valence electrons. The van der Waals surface area contributed by atoms with Crippen LogP contribution in [0.2, 0.25) is 5.04 Å². The number of nitrogen functional groups attached to an aromatic ring is 1. The Morgan fingerprint density at radius 3 is 2.00 bits per heavy atom. The van der Waals surface area contributed by atoms with Gasteiger partial charge >= 0.3 is 5.69 Å². The normalized spacial score (nSPS) is 20.5. The van der Waals surface area contributed by atoms with Gasteiger partial charge in [0.25, 0.3) is 8.32 Å². The number of thiocarbonyl (C=S) groups is 2. The Morgan fingerprint density at radius 2 is 1.51 bits per heavy atom.